The number of halogens is 1. The van der Waals surface area contributed by atoms with Crippen molar-refractivity contribution in [2.24, 2.45) is 7.05 Å². The van der Waals surface area contributed by atoms with E-state index in [1.54, 1.807) is 18.5 Å². The van der Waals surface area contributed by atoms with E-state index in [1.165, 1.54) is 11.8 Å². The van der Waals surface area contributed by atoms with Crippen LogP contribution in [0, 0.1) is 6.92 Å². The van der Waals surface area contributed by atoms with Gasteiger partial charge in [-0.1, -0.05) is 11.6 Å². The summed E-state index contributed by atoms with van der Waals surface area (Å²) < 4.78 is 28.1. The fourth-order valence-electron chi connectivity index (χ4n) is 2.16. The van der Waals surface area contributed by atoms with E-state index in [1.807, 2.05) is 0 Å². The molecule has 3 N–H and O–H groups in total. The molecule has 0 fully saturated rings. The van der Waals surface area contributed by atoms with Crippen molar-refractivity contribution in [2.45, 2.75) is 24.8 Å². The van der Waals surface area contributed by atoms with Gasteiger partial charge in [0, 0.05) is 39.3 Å². The smallest absolute Gasteiger partial charge is 0.259 e. The highest BCUT2D eigenvalue weighted by atomic mass is 35.5. The molecule has 0 aromatic carbocycles. The number of aryl methyl sites for hydroxylation is 2. The Hall–Kier alpha value is -1.42. The first-order chi connectivity index (χ1) is 10.9. The van der Waals surface area contributed by atoms with Crippen LogP contribution in [0.1, 0.15) is 18.7 Å². The largest absolute Gasteiger partial charge is 0.352 e. The minimum absolute atomic E-state index is 0. The highest BCUT2D eigenvalue weighted by molar-refractivity contribution is 7.89. The van der Waals surface area contributed by atoms with Crippen molar-refractivity contribution >= 4 is 28.3 Å². The molecule has 0 saturated carbocycles. The van der Waals surface area contributed by atoms with Crippen LogP contribution >= 0.6 is 12.4 Å². The lowest BCUT2D eigenvalue weighted by atomic mass is 10.1. The van der Waals surface area contributed by atoms with Crippen molar-refractivity contribution in [3.63, 3.8) is 0 Å². The van der Waals surface area contributed by atoms with E-state index < -0.39 is 10.0 Å². The number of carbonyl (C=O) groups excluding carboxylic acids is 1. The minimum Gasteiger partial charge on any atom is -0.352 e. The number of amides is 1. The molecule has 8 nitrogen and oxygen atoms in total. The Labute approximate surface area is 148 Å². The molecule has 136 valence electrons. The molecule has 1 aromatic heterocycles. The number of nitrogens with zero attached hydrogens (tertiary/aromatic N) is 2. The van der Waals surface area contributed by atoms with Gasteiger partial charge in [-0.05, 0) is 19.9 Å². The summed E-state index contributed by atoms with van der Waals surface area (Å²) in [6.45, 7) is 4.04. The molecule has 0 saturated heterocycles. The molecular weight excluding hydrogens is 354 g/mol. The van der Waals surface area contributed by atoms with Gasteiger partial charge in [-0.25, -0.2) is 18.1 Å². The zero-order chi connectivity index (χ0) is 16.9. The van der Waals surface area contributed by atoms with Gasteiger partial charge in [0.15, 0.2) is 5.03 Å². The lowest BCUT2D eigenvalue weighted by molar-refractivity contribution is -0.120. The third kappa shape index (κ3) is 5.90. The summed E-state index contributed by atoms with van der Waals surface area (Å²) in [6, 6.07) is 0. The Morgan fingerprint density at radius 1 is 1.46 bits per heavy atom. The number of imidazole rings is 1. The van der Waals surface area contributed by atoms with Gasteiger partial charge < -0.3 is 15.2 Å². The maximum Gasteiger partial charge on any atom is 0.259 e. The highest BCUT2D eigenvalue weighted by Crippen LogP contribution is 2.07. The molecule has 2 rings (SSSR count). The van der Waals surface area contributed by atoms with Gasteiger partial charge in [0.1, 0.15) is 5.82 Å². The Bertz CT molecular complexity index is 680. The number of nitrogens with one attached hydrogen (secondary N) is 3. The first-order valence-electron chi connectivity index (χ1n) is 7.53. The van der Waals surface area contributed by atoms with Crippen molar-refractivity contribution in [3.05, 3.63) is 23.7 Å². The number of sulfonamides is 1. The van der Waals surface area contributed by atoms with Crippen LogP contribution in [0.15, 0.2) is 22.9 Å². The Morgan fingerprint density at radius 3 is 2.79 bits per heavy atom. The van der Waals surface area contributed by atoms with Crippen molar-refractivity contribution < 1.29 is 13.2 Å². The third-order valence-corrected chi connectivity index (χ3v) is 5.01. The first-order valence-corrected chi connectivity index (χ1v) is 9.02. The summed E-state index contributed by atoms with van der Waals surface area (Å²) in [5.74, 6) is 0.433. The molecule has 0 spiro atoms. The molecular formula is C14H24ClN5O3S. The summed E-state index contributed by atoms with van der Waals surface area (Å²) in [6.07, 6.45) is 4.53. The van der Waals surface area contributed by atoms with Crippen LogP contribution in [0.25, 0.3) is 0 Å². The lowest BCUT2D eigenvalue weighted by Gasteiger charge is -2.14. The molecule has 24 heavy (non-hydrogen) atoms. The van der Waals surface area contributed by atoms with E-state index in [4.69, 9.17) is 0 Å². The van der Waals surface area contributed by atoms with Crippen LogP contribution in [-0.2, 0) is 21.9 Å². The summed E-state index contributed by atoms with van der Waals surface area (Å²) in [5, 5.41) is 5.97. The maximum absolute atomic E-state index is 12.0. The van der Waals surface area contributed by atoms with Crippen molar-refractivity contribution in [1.29, 1.82) is 0 Å². The van der Waals surface area contributed by atoms with Crippen LogP contribution in [-0.4, -0.2) is 50.1 Å². The number of rotatable bonds is 7. The number of aromatic nitrogens is 2. The van der Waals surface area contributed by atoms with E-state index in [2.05, 4.69) is 26.4 Å². The van der Waals surface area contributed by atoms with Crippen molar-refractivity contribution in [2.75, 3.05) is 26.2 Å². The summed E-state index contributed by atoms with van der Waals surface area (Å²) in [7, 11) is -1.95. The van der Waals surface area contributed by atoms with Crippen LogP contribution in [0.4, 0.5) is 0 Å². The quantitative estimate of drug-likeness (QED) is 0.573. The molecule has 0 aliphatic carbocycles. The van der Waals surface area contributed by atoms with Gasteiger partial charge in [0.2, 0.25) is 5.91 Å². The van der Waals surface area contributed by atoms with Gasteiger partial charge in [0.25, 0.3) is 10.0 Å². The van der Waals surface area contributed by atoms with E-state index in [9.17, 15) is 13.2 Å². The molecule has 1 amide bonds. The Morgan fingerprint density at radius 2 is 2.21 bits per heavy atom. The molecule has 1 aliphatic heterocycles. The van der Waals surface area contributed by atoms with Gasteiger partial charge in [-0.3, -0.25) is 4.79 Å². The fraction of sp³-hybridized carbons (Fsp3) is 0.571. The van der Waals surface area contributed by atoms with E-state index >= 15 is 0 Å². The number of hydrogen-bond donors (Lipinski definition) is 3. The zero-order valence-corrected chi connectivity index (χ0v) is 15.5. The van der Waals surface area contributed by atoms with Gasteiger partial charge in [0.05, 0.1) is 0 Å². The molecule has 2 heterocycles. The summed E-state index contributed by atoms with van der Waals surface area (Å²) >= 11 is 0. The molecule has 0 atom stereocenters. The number of hydrogen-bond acceptors (Lipinski definition) is 5. The first kappa shape index (κ1) is 20.6. The Balaban J connectivity index is 0.00000288. The SMILES string of the molecule is Cc1nc(S(=O)(=O)NCCC(=O)NCC2=CCNCC2)cn1C.Cl. The molecule has 0 radical (unpaired) electrons. The normalized spacial score (nSPS) is 14.7. The second-order valence-corrected chi connectivity index (χ2v) is 7.19. The maximum atomic E-state index is 12.0. The van der Waals surface area contributed by atoms with E-state index in [-0.39, 0.29) is 36.3 Å². The van der Waals surface area contributed by atoms with Crippen LogP contribution in [0.3, 0.4) is 0 Å². The lowest BCUT2D eigenvalue weighted by Crippen LogP contribution is -2.33. The summed E-state index contributed by atoms with van der Waals surface area (Å²) in [5.41, 5.74) is 1.20. The molecule has 1 aromatic rings. The van der Waals surface area contributed by atoms with E-state index in [0.29, 0.717) is 12.4 Å². The van der Waals surface area contributed by atoms with Gasteiger partial charge in [-0.2, -0.15) is 0 Å². The molecule has 10 heteroatoms. The van der Waals surface area contributed by atoms with Crippen LogP contribution < -0.4 is 15.4 Å². The molecule has 0 bridgehead atoms. The molecule has 0 unspecified atom stereocenters. The van der Waals surface area contributed by atoms with Gasteiger partial charge in [-0.15, -0.1) is 12.4 Å². The summed E-state index contributed by atoms with van der Waals surface area (Å²) in [4.78, 5) is 15.7. The zero-order valence-electron chi connectivity index (χ0n) is 13.8. The standard InChI is InChI=1S/C14H23N5O3S.ClH/c1-11-18-14(10-19(11)2)23(21,22)17-8-5-13(20)16-9-12-3-6-15-7-4-12;/h3,10,15,17H,4-9H2,1-2H3,(H,16,20);1H. The number of carbonyl (C=O) groups is 1. The predicted octanol–water partition coefficient (Wildman–Crippen LogP) is -0.145. The third-order valence-electron chi connectivity index (χ3n) is 3.68. The monoisotopic (exact) mass is 377 g/mol. The average molecular weight is 378 g/mol. The van der Waals surface area contributed by atoms with Gasteiger partial charge >= 0.3 is 0 Å². The van der Waals surface area contributed by atoms with Crippen molar-refractivity contribution in [1.82, 2.24) is 24.9 Å². The van der Waals surface area contributed by atoms with Crippen LogP contribution in [0.2, 0.25) is 0 Å². The Kier molecular flexibility index (Phi) is 7.88. The fourth-order valence-corrected chi connectivity index (χ4v) is 3.23. The second kappa shape index (κ2) is 9.16. The topological polar surface area (TPSA) is 105 Å². The highest BCUT2D eigenvalue weighted by Gasteiger charge is 2.18. The van der Waals surface area contributed by atoms with Crippen molar-refractivity contribution in [3.8, 4) is 0 Å². The predicted molar refractivity (Wildman–Crippen MR) is 93.6 cm³/mol. The second-order valence-electron chi connectivity index (χ2n) is 5.48. The molecule has 1 aliphatic rings. The average Bonchev–Trinajstić information content (AvgIpc) is 2.86. The van der Waals surface area contributed by atoms with E-state index in [0.717, 1.165) is 19.5 Å². The minimum atomic E-state index is -3.67. The van der Waals surface area contributed by atoms with Crippen LogP contribution in [0.5, 0.6) is 0 Å².